The molecule has 0 bridgehead atoms. The maximum Gasteiger partial charge on any atom is 0.213 e. The number of halogens is 1. The molecule has 21 heavy (non-hydrogen) atoms. The molecule has 3 rings (SSSR count). The molecule has 0 aromatic heterocycles. The Hall–Kier alpha value is -0.980. The van der Waals surface area contributed by atoms with Crippen molar-refractivity contribution in [3.05, 3.63) is 35.6 Å². The highest BCUT2D eigenvalue weighted by Crippen LogP contribution is 2.33. The zero-order chi connectivity index (χ0) is 15.0. The summed E-state index contributed by atoms with van der Waals surface area (Å²) in [6.45, 7) is 5.25. The van der Waals surface area contributed by atoms with E-state index in [4.69, 9.17) is 0 Å². The highest BCUT2D eigenvalue weighted by molar-refractivity contribution is 7.89. The first kappa shape index (κ1) is 14.9. The van der Waals surface area contributed by atoms with Crippen LogP contribution < -0.4 is 0 Å². The average Bonchev–Trinajstić information content (AvgIpc) is 3.00. The molecule has 6 heteroatoms. The monoisotopic (exact) mass is 312 g/mol. The van der Waals surface area contributed by atoms with Crippen molar-refractivity contribution in [3.63, 3.8) is 0 Å². The van der Waals surface area contributed by atoms with Crippen molar-refractivity contribution in [2.75, 3.05) is 31.9 Å². The molecular weight excluding hydrogens is 291 g/mol. The predicted octanol–water partition coefficient (Wildman–Crippen LogP) is 1.54. The highest BCUT2D eigenvalue weighted by Gasteiger charge is 2.43. The molecule has 2 atom stereocenters. The Bertz CT molecular complexity index is 606. The normalized spacial score (nSPS) is 27.1. The van der Waals surface area contributed by atoms with Crippen LogP contribution in [-0.2, 0) is 16.6 Å². The molecule has 0 spiro atoms. The summed E-state index contributed by atoms with van der Waals surface area (Å²) >= 11 is 0. The van der Waals surface area contributed by atoms with E-state index in [9.17, 15) is 12.8 Å². The molecule has 2 aliphatic heterocycles. The average molecular weight is 312 g/mol. The van der Waals surface area contributed by atoms with Crippen LogP contribution in [0.25, 0.3) is 0 Å². The Kier molecular flexibility index (Phi) is 4.03. The number of sulfonamides is 1. The van der Waals surface area contributed by atoms with Crippen molar-refractivity contribution in [3.8, 4) is 0 Å². The zero-order valence-electron chi connectivity index (χ0n) is 12.2. The fourth-order valence-electron chi connectivity index (χ4n) is 3.45. The minimum Gasteiger partial charge on any atom is -0.298 e. The first-order valence-electron chi connectivity index (χ1n) is 7.43. The molecule has 0 N–H and O–H groups in total. The molecule has 1 aromatic rings. The maximum absolute atomic E-state index is 13.7. The Balaban J connectivity index is 1.61. The van der Waals surface area contributed by atoms with Crippen molar-refractivity contribution in [1.29, 1.82) is 0 Å². The third kappa shape index (κ3) is 2.98. The number of likely N-dealkylation sites (tertiary alicyclic amines) is 1. The summed E-state index contributed by atoms with van der Waals surface area (Å²) in [5.74, 6) is 0.784. The molecule has 116 valence electrons. The van der Waals surface area contributed by atoms with Gasteiger partial charge in [-0.2, -0.15) is 0 Å². The number of nitrogens with zero attached hydrogens (tertiary/aromatic N) is 2. The van der Waals surface area contributed by atoms with Crippen molar-refractivity contribution in [2.24, 2.45) is 11.8 Å². The van der Waals surface area contributed by atoms with Gasteiger partial charge in [0.15, 0.2) is 0 Å². The van der Waals surface area contributed by atoms with E-state index in [0.29, 0.717) is 31.5 Å². The molecule has 2 saturated heterocycles. The van der Waals surface area contributed by atoms with Crippen molar-refractivity contribution in [2.45, 2.75) is 13.5 Å². The second-order valence-electron chi connectivity index (χ2n) is 6.02. The van der Waals surface area contributed by atoms with Gasteiger partial charge in [-0.25, -0.2) is 17.1 Å². The van der Waals surface area contributed by atoms with Gasteiger partial charge < -0.3 is 0 Å². The fourth-order valence-corrected chi connectivity index (χ4v) is 4.66. The van der Waals surface area contributed by atoms with E-state index in [1.807, 2.05) is 12.1 Å². The molecule has 0 aliphatic carbocycles. The van der Waals surface area contributed by atoms with E-state index in [0.717, 1.165) is 18.7 Å². The minimum absolute atomic E-state index is 0.162. The summed E-state index contributed by atoms with van der Waals surface area (Å²) in [5, 5.41) is 0. The van der Waals surface area contributed by atoms with Crippen LogP contribution in [0.4, 0.5) is 4.39 Å². The lowest BCUT2D eigenvalue weighted by atomic mass is 10.0. The van der Waals surface area contributed by atoms with E-state index in [1.54, 1.807) is 17.3 Å². The van der Waals surface area contributed by atoms with Crippen LogP contribution >= 0.6 is 0 Å². The second-order valence-corrected chi connectivity index (χ2v) is 8.28. The molecule has 4 nitrogen and oxygen atoms in total. The van der Waals surface area contributed by atoms with Gasteiger partial charge >= 0.3 is 0 Å². The molecule has 0 radical (unpaired) electrons. The Morgan fingerprint density at radius 3 is 2.33 bits per heavy atom. The summed E-state index contributed by atoms with van der Waals surface area (Å²) in [4.78, 5) is 2.24. The van der Waals surface area contributed by atoms with Gasteiger partial charge in [-0.3, -0.25) is 4.90 Å². The first-order valence-corrected chi connectivity index (χ1v) is 9.04. The fraction of sp³-hybridized carbons (Fsp3) is 0.600. The minimum atomic E-state index is -3.07. The lowest BCUT2D eigenvalue weighted by molar-refractivity contribution is 0.286. The van der Waals surface area contributed by atoms with E-state index in [2.05, 4.69) is 4.90 Å². The van der Waals surface area contributed by atoms with Crippen molar-refractivity contribution < 1.29 is 12.8 Å². The van der Waals surface area contributed by atoms with Gasteiger partial charge in [0.25, 0.3) is 0 Å². The van der Waals surface area contributed by atoms with Crippen LogP contribution in [0.15, 0.2) is 24.3 Å². The smallest absolute Gasteiger partial charge is 0.213 e. The largest absolute Gasteiger partial charge is 0.298 e. The SMILES string of the molecule is CCS(=O)(=O)N1CC2CN(Cc3ccccc3F)CC2C1. The number of hydrogen-bond acceptors (Lipinski definition) is 3. The third-order valence-electron chi connectivity index (χ3n) is 4.64. The lowest BCUT2D eigenvalue weighted by Gasteiger charge is -2.21. The number of benzene rings is 1. The number of rotatable bonds is 4. The molecule has 0 saturated carbocycles. The van der Waals surface area contributed by atoms with Gasteiger partial charge in [-0.15, -0.1) is 0 Å². The van der Waals surface area contributed by atoms with Crippen LogP contribution in [0.3, 0.4) is 0 Å². The Labute approximate surface area is 125 Å². The van der Waals surface area contributed by atoms with Gasteiger partial charge in [-0.05, 0) is 24.8 Å². The van der Waals surface area contributed by atoms with Gasteiger partial charge in [0, 0.05) is 38.3 Å². The maximum atomic E-state index is 13.7. The van der Waals surface area contributed by atoms with Gasteiger partial charge in [0.2, 0.25) is 10.0 Å². The summed E-state index contributed by atoms with van der Waals surface area (Å²) < 4.78 is 39.1. The van der Waals surface area contributed by atoms with E-state index < -0.39 is 10.0 Å². The van der Waals surface area contributed by atoms with Gasteiger partial charge in [0.05, 0.1) is 5.75 Å². The first-order chi connectivity index (χ1) is 9.99. The van der Waals surface area contributed by atoms with E-state index >= 15 is 0 Å². The van der Waals surface area contributed by atoms with Crippen LogP contribution in [0.2, 0.25) is 0 Å². The van der Waals surface area contributed by atoms with Crippen molar-refractivity contribution in [1.82, 2.24) is 9.21 Å². The summed E-state index contributed by atoms with van der Waals surface area (Å²) in [6, 6.07) is 6.86. The lowest BCUT2D eigenvalue weighted by Crippen LogP contribution is -2.34. The molecule has 2 heterocycles. The van der Waals surface area contributed by atoms with Crippen LogP contribution in [0.5, 0.6) is 0 Å². The predicted molar refractivity (Wildman–Crippen MR) is 79.7 cm³/mol. The summed E-state index contributed by atoms with van der Waals surface area (Å²) in [5.41, 5.74) is 0.718. The molecule has 2 aliphatic rings. The Morgan fingerprint density at radius 1 is 1.14 bits per heavy atom. The Morgan fingerprint density at radius 2 is 1.76 bits per heavy atom. The topological polar surface area (TPSA) is 40.6 Å². The third-order valence-corrected chi connectivity index (χ3v) is 6.45. The van der Waals surface area contributed by atoms with Crippen LogP contribution in [0, 0.1) is 17.7 Å². The molecular formula is C15H21FN2O2S. The number of fused-ring (bicyclic) bond motifs is 1. The second kappa shape index (κ2) is 5.66. The van der Waals surface area contributed by atoms with E-state index in [1.165, 1.54) is 6.07 Å². The number of hydrogen-bond donors (Lipinski definition) is 0. The van der Waals surface area contributed by atoms with Crippen LogP contribution in [0.1, 0.15) is 12.5 Å². The highest BCUT2D eigenvalue weighted by atomic mass is 32.2. The molecule has 0 amide bonds. The summed E-state index contributed by atoms with van der Waals surface area (Å²) in [6.07, 6.45) is 0. The summed E-state index contributed by atoms with van der Waals surface area (Å²) in [7, 11) is -3.07. The molecule has 1 aromatic carbocycles. The van der Waals surface area contributed by atoms with Crippen LogP contribution in [-0.4, -0.2) is 49.6 Å². The standard InChI is InChI=1S/C15H21FN2O2S/c1-2-21(19,20)18-10-13-8-17(9-14(13)11-18)7-12-5-3-4-6-15(12)16/h3-6,13-14H,2,7-11H2,1H3. The zero-order valence-corrected chi connectivity index (χ0v) is 13.0. The molecule has 2 unspecified atom stereocenters. The van der Waals surface area contributed by atoms with Crippen molar-refractivity contribution >= 4 is 10.0 Å². The quantitative estimate of drug-likeness (QED) is 0.847. The van der Waals surface area contributed by atoms with E-state index in [-0.39, 0.29) is 11.6 Å². The molecule has 2 fully saturated rings. The van der Waals surface area contributed by atoms with Gasteiger partial charge in [0.1, 0.15) is 5.82 Å². The van der Waals surface area contributed by atoms with Gasteiger partial charge in [-0.1, -0.05) is 18.2 Å².